The van der Waals surface area contributed by atoms with E-state index in [1.807, 2.05) is 24.0 Å². The average molecular weight is 290 g/mol. The molecule has 0 radical (unpaired) electrons. The Bertz CT molecular complexity index is 534. The standard InChI is InChI=1S/C16H22N2O3/c1-11-4-5-13(16(20)21-3)10-15(11)17-14-6-8-18(9-7-14)12(2)19/h4-5,10,14,17H,6-9H2,1-3H3. The highest BCUT2D eigenvalue weighted by Gasteiger charge is 2.21. The third kappa shape index (κ3) is 3.74. The topological polar surface area (TPSA) is 58.6 Å². The second kappa shape index (κ2) is 6.61. The number of benzene rings is 1. The van der Waals surface area contributed by atoms with Gasteiger partial charge in [-0.2, -0.15) is 0 Å². The van der Waals surface area contributed by atoms with Gasteiger partial charge in [-0.1, -0.05) is 6.07 Å². The molecule has 1 aliphatic heterocycles. The van der Waals surface area contributed by atoms with E-state index in [2.05, 4.69) is 5.32 Å². The molecule has 1 N–H and O–H groups in total. The third-order valence-electron chi connectivity index (χ3n) is 3.96. The summed E-state index contributed by atoms with van der Waals surface area (Å²) in [4.78, 5) is 24.8. The van der Waals surface area contributed by atoms with Crippen molar-refractivity contribution in [3.63, 3.8) is 0 Å². The van der Waals surface area contributed by atoms with Gasteiger partial charge in [0.1, 0.15) is 0 Å². The van der Waals surface area contributed by atoms with Crippen molar-refractivity contribution in [2.75, 3.05) is 25.5 Å². The van der Waals surface area contributed by atoms with Crippen LogP contribution in [0.3, 0.4) is 0 Å². The Labute approximate surface area is 125 Å². The molecule has 2 rings (SSSR count). The van der Waals surface area contributed by atoms with Gasteiger partial charge in [0, 0.05) is 31.7 Å². The van der Waals surface area contributed by atoms with Gasteiger partial charge < -0.3 is 15.0 Å². The van der Waals surface area contributed by atoms with Crippen molar-refractivity contribution < 1.29 is 14.3 Å². The minimum Gasteiger partial charge on any atom is -0.465 e. The summed E-state index contributed by atoms with van der Waals surface area (Å²) >= 11 is 0. The molecule has 1 fully saturated rings. The van der Waals surface area contributed by atoms with Crippen LogP contribution < -0.4 is 5.32 Å². The summed E-state index contributed by atoms with van der Waals surface area (Å²) in [6.07, 6.45) is 1.84. The molecule has 0 aliphatic carbocycles. The Morgan fingerprint density at radius 1 is 1.29 bits per heavy atom. The van der Waals surface area contributed by atoms with Crippen LogP contribution in [0.15, 0.2) is 18.2 Å². The molecule has 21 heavy (non-hydrogen) atoms. The van der Waals surface area contributed by atoms with Crippen LogP contribution >= 0.6 is 0 Å². The minimum atomic E-state index is -0.329. The Balaban J connectivity index is 2.03. The summed E-state index contributed by atoms with van der Waals surface area (Å²) in [5.74, 6) is -0.193. The van der Waals surface area contributed by atoms with Gasteiger partial charge in [-0.15, -0.1) is 0 Å². The lowest BCUT2D eigenvalue weighted by Crippen LogP contribution is -2.41. The zero-order chi connectivity index (χ0) is 15.4. The summed E-state index contributed by atoms with van der Waals surface area (Å²) in [5, 5.41) is 3.48. The highest BCUT2D eigenvalue weighted by Crippen LogP contribution is 2.22. The molecular weight excluding hydrogens is 268 g/mol. The number of carbonyl (C=O) groups is 2. The molecule has 1 amide bonds. The second-order valence-electron chi connectivity index (χ2n) is 5.45. The summed E-state index contributed by atoms with van der Waals surface area (Å²) in [7, 11) is 1.38. The number of carbonyl (C=O) groups excluding carboxylic acids is 2. The number of rotatable bonds is 3. The summed E-state index contributed by atoms with van der Waals surface area (Å²) in [6.45, 7) is 5.18. The molecule has 0 unspecified atom stereocenters. The van der Waals surface area contributed by atoms with E-state index in [0.29, 0.717) is 11.6 Å². The molecule has 0 bridgehead atoms. The zero-order valence-corrected chi connectivity index (χ0v) is 12.8. The fraction of sp³-hybridized carbons (Fsp3) is 0.500. The van der Waals surface area contributed by atoms with Crippen LogP contribution in [0.4, 0.5) is 5.69 Å². The summed E-state index contributed by atoms with van der Waals surface area (Å²) < 4.78 is 4.75. The first-order chi connectivity index (χ1) is 10.0. The van der Waals surface area contributed by atoms with Crippen LogP contribution in [0.5, 0.6) is 0 Å². The van der Waals surface area contributed by atoms with Crippen LogP contribution in [-0.4, -0.2) is 43.0 Å². The third-order valence-corrected chi connectivity index (χ3v) is 3.96. The fourth-order valence-corrected chi connectivity index (χ4v) is 2.58. The van der Waals surface area contributed by atoms with Crippen LogP contribution in [-0.2, 0) is 9.53 Å². The molecule has 1 heterocycles. The van der Waals surface area contributed by atoms with Crippen molar-refractivity contribution in [1.29, 1.82) is 0 Å². The largest absolute Gasteiger partial charge is 0.465 e. The number of amides is 1. The lowest BCUT2D eigenvalue weighted by atomic mass is 10.0. The molecule has 0 aromatic heterocycles. The van der Waals surface area contributed by atoms with Crippen LogP contribution in [0.25, 0.3) is 0 Å². The summed E-state index contributed by atoms with van der Waals surface area (Å²) in [6, 6.07) is 5.84. The Hall–Kier alpha value is -2.04. The first-order valence-electron chi connectivity index (χ1n) is 7.22. The van der Waals surface area contributed by atoms with Gasteiger partial charge in [0.15, 0.2) is 0 Å². The predicted molar refractivity (Wildman–Crippen MR) is 81.4 cm³/mol. The zero-order valence-electron chi connectivity index (χ0n) is 12.8. The number of ether oxygens (including phenoxy) is 1. The van der Waals surface area contributed by atoms with E-state index in [-0.39, 0.29) is 11.9 Å². The summed E-state index contributed by atoms with van der Waals surface area (Å²) in [5.41, 5.74) is 2.60. The molecule has 0 spiro atoms. The van der Waals surface area contributed by atoms with Gasteiger partial charge in [0.2, 0.25) is 5.91 Å². The number of likely N-dealkylation sites (tertiary alicyclic amines) is 1. The Morgan fingerprint density at radius 2 is 1.95 bits per heavy atom. The van der Waals surface area contributed by atoms with Gasteiger partial charge in [-0.25, -0.2) is 4.79 Å². The molecule has 5 nitrogen and oxygen atoms in total. The molecule has 1 aromatic rings. The molecule has 1 saturated heterocycles. The Kier molecular flexibility index (Phi) is 4.83. The van der Waals surface area contributed by atoms with E-state index in [9.17, 15) is 9.59 Å². The van der Waals surface area contributed by atoms with E-state index in [4.69, 9.17) is 4.74 Å². The van der Waals surface area contributed by atoms with E-state index in [0.717, 1.165) is 37.2 Å². The SMILES string of the molecule is COC(=O)c1ccc(C)c(NC2CCN(C(C)=O)CC2)c1. The van der Waals surface area contributed by atoms with E-state index < -0.39 is 0 Å². The maximum atomic E-state index is 11.6. The molecule has 1 aromatic carbocycles. The number of esters is 1. The Morgan fingerprint density at radius 3 is 2.52 bits per heavy atom. The van der Waals surface area contributed by atoms with Crippen molar-refractivity contribution in [3.8, 4) is 0 Å². The number of aryl methyl sites for hydroxylation is 1. The quantitative estimate of drug-likeness (QED) is 0.867. The molecule has 1 aliphatic rings. The normalized spacial score (nSPS) is 15.7. The van der Waals surface area contributed by atoms with Crippen molar-refractivity contribution in [3.05, 3.63) is 29.3 Å². The van der Waals surface area contributed by atoms with Crippen molar-refractivity contribution in [2.24, 2.45) is 0 Å². The van der Waals surface area contributed by atoms with Crippen molar-refractivity contribution in [1.82, 2.24) is 4.90 Å². The maximum absolute atomic E-state index is 11.6. The number of nitrogens with one attached hydrogen (secondary N) is 1. The molecule has 114 valence electrons. The first kappa shape index (κ1) is 15.4. The van der Waals surface area contributed by atoms with Gasteiger partial charge >= 0.3 is 5.97 Å². The van der Waals surface area contributed by atoms with Crippen LogP contribution in [0, 0.1) is 6.92 Å². The van der Waals surface area contributed by atoms with E-state index >= 15 is 0 Å². The van der Waals surface area contributed by atoms with Crippen LogP contribution in [0.2, 0.25) is 0 Å². The number of hydrogen-bond acceptors (Lipinski definition) is 4. The number of nitrogens with zero attached hydrogens (tertiary/aromatic N) is 1. The first-order valence-corrected chi connectivity index (χ1v) is 7.22. The molecule has 0 atom stereocenters. The van der Waals surface area contributed by atoms with Crippen molar-refractivity contribution in [2.45, 2.75) is 32.7 Å². The molecular formula is C16H22N2O3. The van der Waals surface area contributed by atoms with Crippen molar-refractivity contribution >= 4 is 17.6 Å². The molecule has 0 saturated carbocycles. The monoisotopic (exact) mass is 290 g/mol. The van der Waals surface area contributed by atoms with E-state index in [1.165, 1.54) is 7.11 Å². The molecule has 5 heteroatoms. The van der Waals surface area contributed by atoms with Gasteiger partial charge in [-0.3, -0.25) is 4.79 Å². The predicted octanol–water partition coefficient (Wildman–Crippen LogP) is 2.20. The van der Waals surface area contributed by atoms with Gasteiger partial charge in [0.05, 0.1) is 12.7 Å². The fourth-order valence-electron chi connectivity index (χ4n) is 2.58. The number of hydrogen-bond donors (Lipinski definition) is 1. The smallest absolute Gasteiger partial charge is 0.337 e. The number of methoxy groups -OCH3 is 1. The highest BCUT2D eigenvalue weighted by molar-refractivity contribution is 5.90. The maximum Gasteiger partial charge on any atom is 0.337 e. The van der Waals surface area contributed by atoms with Crippen LogP contribution in [0.1, 0.15) is 35.7 Å². The minimum absolute atomic E-state index is 0.136. The number of piperidine rings is 1. The lowest BCUT2D eigenvalue weighted by Gasteiger charge is -2.32. The number of anilines is 1. The van der Waals surface area contributed by atoms with Gasteiger partial charge in [0.25, 0.3) is 0 Å². The second-order valence-corrected chi connectivity index (χ2v) is 5.45. The van der Waals surface area contributed by atoms with Gasteiger partial charge in [-0.05, 0) is 37.5 Å². The average Bonchev–Trinajstić information content (AvgIpc) is 2.49. The highest BCUT2D eigenvalue weighted by atomic mass is 16.5. The lowest BCUT2D eigenvalue weighted by molar-refractivity contribution is -0.129. The van der Waals surface area contributed by atoms with E-state index in [1.54, 1.807) is 13.0 Å².